The number of nitrogens with zero attached hydrogens (tertiary/aromatic N) is 2. The van der Waals surface area contributed by atoms with E-state index in [0.29, 0.717) is 34.6 Å². The quantitative estimate of drug-likeness (QED) is 0.656. The topological polar surface area (TPSA) is 71.4 Å². The zero-order valence-electron chi connectivity index (χ0n) is 16.6. The molecule has 1 atom stereocenters. The van der Waals surface area contributed by atoms with Crippen LogP contribution in [0.3, 0.4) is 0 Å². The van der Waals surface area contributed by atoms with Gasteiger partial charge in [-0.1, -0.05) is 11.6 Å². The van der Waals surface area contributed by atoms with Gasteiger partial charge in [0.15, 0.2) is 11.5 Å². The number of piperidine rings is 1. The molecule has 2 aromatic heterocycles. The maximum absolute atomic E-state index is 13.0. The molecule has 1 saturated heterocycles. The highest BCUT2D eigenvalue weighted by atomic mass is 35.5. The number of H-pyrrole nitrogens is 1. The van der Waals surface area contributed by atoms with Crippen molar-refractivity contribution in [2.24, 2.45) is 5.92 Å². The fourth-order valence-electron chi connectivity index (χ4n) is 3.93. The second kappa shape index (κ2) is 8.33. The minimum Gasteiger partial charge on any atom is -0.496 e. The number of aryl methyl sites for hydroxylation is 1. The largest absolute Gasteiger partial charge is 0.496 e. The summed E-state index contributed by atoms with van der Waals surface area (Å²) in [6.45, 7) is 3.31. The first-order valence-electron chi connectivity index (χ1n) is 9.77. The lowest BCUT2D eigenvalue weighted by Crippen LogP contribution is -2.40. The van der Waals surface area contributed by atoms with E-state index in [1.165, 1.54) is 0 Å². The maximum atomic E-state index is 13.0. The van der Waals surface area contributed by atoms with Gasteiger partial charge in [-0.25, -0.2) is 0 Å². The van der Waals surface area contributed by atoms with E-state index in [2.05, 4.69) is 10.2 Å². The highest BCUT2D eigenvalue weighted by Crippen LogP contribution is 2.29. The van der Waals surface area contributed by atoms with Crippen molar-refractivity contribution < 1.29 is 13.9 Å². The van der Waals surface area contributed by atoms with Crippen molar-refractivity contribution >= 4 is 17.5 Å². The van der Waals surface area contributed by atoms with Crippen molar-refractivity contribution in [3.05, 3.63) is 58.4 Å². The molecule has 0 aliphatic carbocycles. The number of aromatic amines is 1. The fraction of sp³-hybridized carbons (Fsp3) is 0.364. The van der Waals surface area contributed by atoms with E-state index in [1.807, 2.05) is 42.2 Å². The number of carbonyl (C=O) groups is 1. The Kier molecular flexibility index (Phi) is 5.62. The number of amides is 1. The second-order valence-corrected chi connectivity index (χ2v) is 7.93. The third-order valence-electron chi connectivity index (χ3n) is 5.36. The summed E-state index contributed by atoms with van der Waals surface area (Å²) >= 11 is 6.17. The Morgan fingerprint density at radius 1 is 1.34 bits per heavy atom. The molecule has 1 N–H and O–H groups in total. The van der Waals surface area contributed by atoms with Gasteiger partial charge in [-0.15, -0.1) is 0 Å². The standard InChI is InChI=1S/C22H24ClN3O3/c1-14-5-7-21(29-14)18-12-19(25-24-18)22(27)26-9-3-4-15(13-26)10-16-11-17(23)6-8-20(16)28-2/h5-8,11-12,15H,3-4,9-10,13H2,1-2H3,(H,24,25). The number of likely N-dealkylation sites (tertiary alicyclic amines) is 1. The van der Waals surface area contributed by atoms with Crippen LogP contribution in [0.4, 0.5) is 0 Å². The predicted molar refractivity (Wildman–Crippen MR) is 111 cm³/mol. The van der Waals surface area contributed by atoms with Crippen molar-refractivity contribution in [1.82, 2.24) is 15.1 Å². The molecule has 4 rings (SSSR count). The highest BCUT2D eigenvalue weighted by Gasteiger charge is 2.27. The maximum Gasteiger partial charge on any atom is 0.274 e. The normalized spacial score (nSPS) is 16.8. The van der Waals surface area contributed by atoms with Crippen molar-refractivity contribution in [1.29, 1.82) is 0 Å². The fourth-order valence-corrected chi connectivity index (χ4v) is 4.13. The van der Waals surface area contributed by atoms with Gasteiger partial charge in [0.1, 0.15) is 17.2 Å². The van der Waals surface area contributed by atoms with Crippen LogP contribution in [0.2, 0.25) is 5.02 Å². The van der Waals surface area contributed by atoms with Gasteiger partial charge < -0.3 is 14.1 Å². The number of carbonyl (C=O) groups excluding carboxylic acids is 1. The molecule has 29 heavy (non-hydrogen) atoms. The van der Waals surface area contributed by atoms with Crippen LogP contribution in [0.5, 0.6) is 5.75 Å². The third-order valence-corrected chi connectivity index (χ3v) is 5.60. The summed E-state index contributed by atoms with van der Waals surface area (Å²) in [6, 6.07) is 11.2. The molecule has 1 unspecified atom stereocenters. The number of nitrogens with one attached hydrogen (secondary N) is 1. The molecule has 3 heterocycles. The summed E-state index contributed by atoms with van der Waals surface area (Å²) in [5, 5.41) is 7.81. The molecule has 1 aliphatic heterocycles. The number of halogens is 1. The summed E-state index contributed by atoms with van der Waals surface area (Å²) in [5.74, 6) is 2.63. The van der Waals surface area contributed by atoms with Gasteiger partial charge in [0, 0.05) is 24.2 Å². The van der Waals surface area contributed by atoms with Gasteiger partial charge in [-0.3, -0.25) is 9.89 Å². The van der Waals surface area contributed by atoms with E-state index in [9.17, 15) is 4.79 Å². The smallest absolute Gasteiger partial charge is 0.274 e. The van der Waals surface area contributed by atoms with E-state index in [4.69, 9.17) is 20.8 Å². The lowest BCUT2D eigenvalue weighted by molar-refractivity contribution is 0.0667. The molecule has 1 aliphatic rings. The van der Waals surface area contributed by atoms with Crippen molar-refractivity contribution in [3.8, 4) is 17.2 Å². The Morgan fingerprint density at radius 3 is 2.97 bits per heavy atom. The van der Waals surface area contributed by atoms with Gasteiger partial charge in [0.25, 0.3) is 5.91 Å². The monoisotopic (exact) mass is 413 g/mol. The molecule has 1 fully saturated rings. The average Bonchev–Trinajstić information content (AvgIpc) is 3.37. The molecule has 0 bridgehead atoms. The molecule has 1 aromatic carbocycles. The minimum absolute atomic E-state index is 0.0569. The summed E-state index contributed by atoms with van der Waals surface area (Å²) in [4.78, 5) is 14.9. The SMILES string of the molecule is COc1ccc(Cl)cc1CC1CCCN(C(=O)c2cc(-c3ccc(C)o3)[nH]n2)C1. The zero-order valence-corrected chi connectivity index (χ0v) is 17.3. The van der Waals surface area contributed by atoms with Gasteiger partial charge in [-0.2, -0.15) is 5.10 Å². The third kappa shape index (κ3) is 4.32. The summed E-state index contributed by atoms with van der Waals surface area (Å²) in [6.07, 6.45) is 2.86. The Hall–Kier alpha value is -2.73. The van der Waals surface area contributed by atoms with Gasteiger partial charge >= 0.3 is 0 Å². The Balaban J connectivity index is 1.45. The number of hydrogen-bond acceptors (Lipinski definition) is 4. The lowest BCUT2D eigenvalue weighted by atomic mass is 9.90. The molecule has 0 saturated carbocycles. The predicted octanol–water partition coefficient (Wildman–Crippen LogP) is 4.74. The number of aromatic nitrogens is 2. The van der Waals surface area contributed by atoms with Gasteiger partial charge in [-0.05, 0) is 68.0 Å². The molecule has 7 heteroatoms. The van der Waals surface area contributed by atoms with Crippen LogP contribution in [0.15, 0.2) is 40.8 Å². The Labute approximate surface area is 174 Å². The Morgan fingerprint density at radius 2 is 2.21 bits per heavy atom. The summed E-state index contributed by atoms with van der Waals surface area (Å²) in [5.41, 5.74) is 2.20. The van der Waals surface area contributed by atoms with Crippen LogP contribution < -0.4 is 4.74 Å². The highest BCUT2D eigenvalue weighted by molar-refractivity contribution is 6.30. The summed E-state index contributed by atoms with van der Waals surface area (Å²) in [7, 11) is 1.67. The van der Waals surface area contributed by atoms with Crippen LogP contribution in [-0.2, 0) is 6.42 Å². The van der Waals surface area contributed by atoms with Crippen molar-refractivity contribution in [2.45, 2.75) is 26.2 Å². The molecular weight excluding hydrogens is 390 g/mol. The Bertz CT molecular complexity index is 1010. The average molecular weight is 414 g/mol. The first kappa shape index (κ1) is 19.6. The lowest BCUT2D eigenvalue weighted by Gasteiger charge is -2.32. The molecule has 0 radical (unpaired) electrons. The van der Waals surface area contributed by atoms with Crippen LogP contribution in [-0.4, -0.2) is 41.2 Å². The number of methoxy groups -OCH3 is 1. The van der Waals surface area contributed by atoms with Gasteiger partial charge in [0.05, 0.1) is 7.11 Å². The van der Waals surface area contributed by atoms with Crippen LogP contribution in [0.1, 0.15) is 34.7 Å². The number of rotatable bonds is 5. The van der Waals surface area contributed by atoms with E-state index in [1.54, 1.807) is 13.2 Å². The van der Waals surface area contributed by atoms with Crippen molar-refractivity contribution in [3.63, 3.8) is 0 Å². The van der Waals surface area contributed by atoms with Crippen molar-refractivity contribution in [2.75, 3.05) is 20.2 Å². The first-order valence-corrected chi connectivity index (χ1v) is 10.1. The first-order chi connectivity index (χ1) is 14.0. The molecule has 6 nitrogen and oxygen atoms in total. The van der Waals surface area contributed by atoms with E-state index in [-0.39, 0.29) is 5.91 Å². The molecular formula is C22H24ClN3O3. The molecule has 152 valence electrons. The van der Waals surface area contributed by atoms with E-state index < -0.39 is 0 Å². The van der Waals surface area contributed by atoms with Crippen LogP contribution in [0.25, 0.3) is 11.5 Å². The molecule has 1 amide bonds. The zero-order chi connectivity index (χ0) is 20.4. The minimum atomic E-state index is -0.0569. The number of hydrogen-bond donors (Lipinski definition) is 1. The molecule has 3 aromatic rings. The second-order valence-electron chi connectivity index (χ2n) is 7.50. The van der Waals surface area contributed by atoms with Crippen LogP contribution in [0, 0.1) is 12.8 Å². The molecule has 0 spiro atoms. The number of furan rings is 1. The van der Waals surface area contributed by atoms with Crippen LogP contribution >= 0.6 is 11.6 Å². The number of benzene rings is 1. The van der Waals surface area contributed by atoms with E-state index >= 15 is 0 Å². The summed E-state index contributed by atoms with van der Waals surface area (Å²) < 4.78 is 11.1. The number of ether oxygens (including phenoxy) is 1. The van der Waals surface area contributed by atoms with Gasteiger partial charge in [0.2, 0.25) is 0 Å². The van der Waals surface area contributed by atoms with E-state index in [0.717, 1.165) is 42.9 Å².